The number of nitrogens with zero attached hydrogens (tertiary/aromatic N) is 1. The summed E-state index contributed by atoms with van der Waals surface area (Å²) < 4.78 is 27.5. The van der Waals surface area contributed by atoms with Crippen LogP contribution in [-0.2, 0) is 6.42 Å². The van der Waals surface area contributed by atoms with Gasteiger partial charge in [-0.25, -0.2) is 13.6 Å². The van der Waals surface area contributed by atoms with Gasteiger partial charge in [-0.2, -0.15) is 0 Å². The van der Waals surface area contributed by atoms with Gasteiger partial charge in [-0.1, -0.05) is 30.3 Å². The Labute approximate surface area is 178 Å². The third-order valence-corrected chi connectivity index (χ3v) is 5.16. The normalized spacial score (nSPS) is 14.3. The molecule has 1 saturated heterocycles. The van der Waals surface area contributed by atoms with Gasteiger partial charge in [0, 0.05) is 24.3 Å². The summed E-state index contributed by atoms with van der Waals surface area (Å²) in [6, 6.07) is 18.1. The molecule has 1 aliphatic rings. The molecule has 1 heterocycles. The highest BCUT2D eigenvalue weighted by molar-refractivity contribution is 5.98. The van der Waals surface area contributed by atoms with Crippen LogP contribution in [0.2, 0.25) is 0 Å². The van der Waals surface area contributed by atoms with Crippen molar-refractivity contribution in [2.24, 2.45) is 0 Å². The molecule has 7 heteroatoms. The minimum Gasteiger partial charge on any atom is -0.345 e. The van der Waals surface area contributed by atoms with Gasteiger partial charge in [-0.15, -0.1) is 0 Å². The molecule has 4 rings (SSSR count). The fourth-order valence-electron chi connectivity index (χ4n) is 3.65. The van der Waals surface area contributed by atoms with E-state index in [2.05, 4.69) is 10.6 Å². The van der Waals surface area contributed by atoms with E-state index in [1.807, 2.05) is 0 Å². The molecule has 31 heavy (non-hydrogen) atoms. The molecule has 3 aromatic rings. The Morgan fingerprint density at radius 1 is 1.00 bits per heavy atom. The summed E-state index contributed by atoms with van der Waals surface area (Å²) in [6.45, 7) is 1.07. The van der Waals surface area contributed by atoms with Crippen molar-refractivity contribution in [3.63, 3.8) is 0 Å². The summed E-state index contributed by atoms with van der Waals surface area (Å²) in [5.74, 6) is -1.16. The first-order chi connectivity index (χ1) is 15.0. The molecule has 2 N–H and O–H groups in total. The Bertz CT molecular complexity index is 1120. The summed E-state index contributed by atoms with van der Waals surface area (Å²) in [6.07, 6.45) is 0.293. The lowest BCUT2D eigenvalue weighted by Gasteiger charge is -2.21. The van der Waals surface area contributed by atoms with Crippen molar-refractivity contribution in [3.8, 4) is 0 Å². The second-order valence-corrected chi connectivity index (χ2v) is 7.35. The number of halogens is 2. The average Bonchev–Trinajstić information content (AvgIpc) is 3.19. The number of carbonyl (C=O) groups excluding carboxylic acids is 2. The average molecular weight is 421 g/mol. The number of rotatable bonds is 6. The van der Waals surface area contributed by atoms with Crippen LogP contribution in [0.4, 0.5) is 19.3 Å². The van der Waals surface area contributed by atoms with E-state index in [9.17, 15) is 18.4 Å². The highest BCUT2D eigenvalue weighted by Crippen LogP contribution is 2.22. The van der Waals surface area contributed by atoms with Crippen molar-refractivity contribution in [1.29, 1.82) is 0 Å². The Morgan fingerprint density at radius 2 is 1.74 bits per heavy atom. The molecule has 0 radical (unpaired) electrons. The topological polar surface area (TPSA) is 61.4 Å². The molecule has 1 unspecified atom stereocenters. The van der Waals surface area contributed by atoms with Gasteiger partial charge in [0.15, 0.2) is 0 Å². The Kier molecular flexibility index (Phi) is 5.93. The number of anilines is 1. The van der Waals surface area contributed by atoms with E-state index in [-0.39, 0.29) is 17.8 Å². The number of urea groups is 1. The Balaban J connectivity index is 1.59. The van der Waals surface area contributed by atoms with Gasteiger partial charge >= 0.3 is 6.03 Å². The molecular weight excluding hydrogens is 400 g/mol. The molecule has 0 saturated carbocycles. The zero-order valence-electron chi connectivity index (χ0n) is 16.6. The fraction of sp³-hybridized carbons (Fsp3) is 0.167. The largest absolute Gasteiger partial charge is 0.345 e. The van der Waals surface area contributed by atoms with E-state index in [1.54, 1.807) is 53.4 Å². The van der Waals surface area contributed by atoms with Gasteiger partial charge < -0.3 is 10.6 Å². The lowest BCUT2D eigenvalue weighted by Crippen LogP contribution is -2.31. The number of benzene rings is 3. The molecule has 1 aliphatic heterocycles. The predicted molar refractivity (Wildman–Crippen MR) is 114 cm³/mol. The van der Waals surface area contributed by atoms with Crippen LogP contribution in [0.5, 0.6) is 0 Å². The fourth-order valence-corrected chi connectivity index (χ4v) is 3.65. The minimum absolute atomic E-state index is 0.207. The van der Waals surface area contributed by atoms with Gasteiger partial charge in [0.05, 0.1) is 6.04 Å². The van der Waals surface area contributed by atoms with Gasteiger partial charge in [-0.05, 0) is 60.0 Å². The van der Waals surface area contributed by atoms with Crippen molar-refractivity contribution >= 4 is 17.6 Å². The van der Waals surface area contributed by atoms with Crippen LogP contribution in [0.1, 0.15) is 27.5 Å². The maximum Gasteiger partial charge on any atom is 0.321 e. The molecule has 0 bridgehead atoms. The first kappa shape index (κ1) is 20.5. The van der Waals surface area contributed by atoms with Crippen molar-refractivity contribution < 1.29 is 18.4 Å². The Hall–Kier alpha value is -3.74. The van der Waals surface area contributed by atoms with Crippen LogP contribution in [-0.4, -0.2) is 25.0 Å². The van der Waals surface area contributed by atoms with E-state index in [4.69, 9.17) is 0 Å². The molecule has 3 amide bonds. The molecule has 0 aliphatic carbocycles. The smallest absolute Gasteiger partial charge is 0.321 e. The van der Waals surface area contributed by atoms with Crippen LogP contribution >= 0.6 is 0 Å². The van der Waals surface area contributed by atoms with Crippen molar-refractivity contribution in [1.82, 2.24) is 10.6 Å². The highest BCUT2D eigenvalue weighted by atomic mass is 19.1. The maximum absolute atomic E-state index is 13.8. The third-order valence-electron chi connectivity index (χ3n) is 5.16. The van der Waals surface area contributed by atoms with Gasteiger partial charge in [0.1, 0.15) is 11.6 Å². The van der Waals surface area contributed by atoms with Crippen LogP contribution in [0.3, 0.4) is 0 Å². The molecular formula is C24H21F2N3O2. The lowest BCUT2D eigenvalue weighted by molar-refractivity contribution is 0.0936. The Morgan fingerprint density at radius 3 is 2.45 bits per heavy atom. The molecule has 158 valence electrons. The van der Waals surface area contributed by atoms with E-state index >= 15 is 0 Å². The van der Waals surface area contributed by atoms with Crippen LogP contribution in [0, 0.1) is 11.6 Å². The molecule has 0 spiro atoms. The minimum atomic E-state index is -0.566. The standard InChI is InChI=1S/C24H21F2N3O2/c25-19-7-1-4-16(12-19)13-22(17-5-2-8-20(26)14-17)28-23(30)18-6-3-9-21(15-18)29-11-10-27-24(29)31/h1-9,12,14-15,22H,10-11,13H2,(H,27,31)(H,28,30). The van der Waals surface area contributed by atoms with Crippen LogP contribution in [0.15, 0.2) is 72.8 Å². The number of nitrogens with one attached hydrogen (secondary N) is 2. The van der Waals surface area contributed by atoms with Gasteiger partial charge in [0.25, 0.3) is 5.91 Å². The first-order valence-electron chi connectivity index (χ1n) is 9.96. The quantitative estimate of drug-likeness (QED) is 0.627. The summed E-state index contributed by atoms with van der Waals surface area (Å²) >= 11 is 0. The second-order valence-electron chi connectivity index (χ2n) is 7.35. The summed E-state index contributed by atoms with van der Waals surface area (Å²) in [4.78, 5) is 26.5. The zero-order valence-corrected chi connectivity index (χ0v) is 16.6. The molecule has 0 aromatic heterocycles. The molecule has 3 aromatic carbocycles. The third kappa shape index (κ3) is 4.88. The van der Waals surface area contributed by atoms with E-state index in [0.29, 0.717) is 41.9 Å². The van der Waals surface area contributed by atoms with Gasteiger partial charge in [0.2, 0.25) is 0 Å². The summed E-state index contributed by atoms with van der Waals surface area (Å²) in [5, 5.41) is 5.65. The van der Waals surface area contributed by atoms with Crippen molar-refractivity contribution in [2.45, 2.75) is 12.5 Å². The molecule has 1 atom stereocenters. The maximum atomic E-state index is 13.8. The number of amides is 3. The monoisotopic (exact) mass is 421 g/mol. The number of hydrogen-bond acceptors (Lipinski definition) is 2. The first-order valence-corrected chi connectivity index (χ1v) is 9.96. The molecule has 5 nitrogen and oxygen atoms in total. The van der Waals surface area contributed by atoms with E-state index in [0.717, 1.165) is 0 Å². The SMILES string of the molecule is O=C(NC(Cc1cccc(F)c1)c1cccc(F)c1)c1cccc(N2CCNC2=O)c1. The highest BCUT2D eigenvalue weighted by Gasteiger charge is 2.23. The van der Waals surface area contributed by atoms with Crippen LogP contribution < -0.4 is 15.5 Å². The zero-order chi connectivity index (χ0) is 21.8. The summed E-state index contributed by atoms with van der Waals surface area (Å²) in [7, 11) is 0. The number of carbonyl (C=O) groups is 2. The van der Waals surface area contributed by atoms with Crippen molar-refractivity contribution in [3.05, 3.63) is 101 Å². The second kappa shape index (κ2) is 8.95. The number of hydrogen-bond donors (Lipinski definition) is 2. The predicted octanol–water partition coefficient (Wildman–Crippen LogP) is 4.21. The van der Waals surface area contributed by atoms with E-state index < -0.39 is 11.9 Å². The van der Waals surface area contributed by atoms with Gasteiger partial charge in [-0.3, -0.25) is 9.69 Å². The van der Waals surface area contributed by atoms with Crippen LogP contribution in [0.25, 0.3) is 0 Å². The summed E-state index contributed by atoms with van der Waals surface area (Å²) in [5.41, 5.74) is 2.25. The van der Waals surface area contributed by atoms with Crippen molar-refractivity contribution in [2.75, 3.05) is 18.0 Å². The lowest BCUT2D eigenvalue weighted by atomic mass is 9.98. The molecule has 1 fully saturated rings. The van der Waals surface area contributed by atoms with E-state index in [1.165, 1.54) is 24.3 Å².